The van der Waals surface area contributed by atoms with E-state index in [-0.39, 0.29) is 11.4 Å². The number of aromatic nitrogens is 4. The summed E-state index contributed by atoms with van der Waals surface area (Å²) in [5, 5.41) is 0. The summed E-state index contributed by atoms with van der Waals surface area (Å²) in [6.45, 7) is 0.908. The number of benzene rings is 3. The van der Waals surface area contributed by atoms with E-state index in [1.807, 2.05) is 72.8 Å². The van der Waals surface area contributed by atoms with Gasteiger partial charge in [0.15, 0.2) is 0 Å². The van der Waals surface area contributed by atoms with Crippen LogP contribution in [0.4, 0.5) is 0 Å². The highest BCUT2D eigenvalue weighted by atomic mass is 16.2. The van der Waals surface area contributed by atoms with Crippen LogP contribution in [-0.2, 0) is 27.2 Å². The SMILES string of the molecule is Cn1c(=O)n(Cc2ccccc2Cn2c(=O)n(C)c3ccccc32)c2ccccc21. The molecule has 0 saturated carbocycles. The maximum atomic E-state index is 12.9. The van der Waals surface area contributed by atoms with Crippen LogP contribution in [0, 0.1) is 0 Å². The van der Waals surface area contributed by atoms with Crippen LogP contribution >= 0.6 is 0 Å². The predicted molar refractivity (Wildman–Crippen MR) is 119 cm³/mol. The summed E-state index contributed by atoms with van der Waals surface area (Å²) in [5.41, 5.74) is 5.58. The molecule has 0 aliphatic carbocycles. The van der Waals surface area contributed by atoms with Crippen LogP contribution in [0.1, 0.15) is 11.1 Å². The molecule has 0 fully saturated rings. The Morgan fingerprint density at radius 1 is 0.533 bits per heavy atom. The van der Waals surface area contributed by atoms with Gasteiger partial charge in [-0.15, -0.1) is 0 Å². The van der Waals surface area contributed by atoms with Gasteiger partial charge in [0.25, 0.3) is 0 Å². The Morgan fingerprint density at radius 2 is 0.867 bits per heavy atom. The van der Waals surface area contributed by atoms with Crippen LogP contribution in [0.25, 0.3) is 22.1 Å². The average molecular weight is 398 g/mol. The monoisotopic (exact) mass is 398 g/mol. The molecule has 150 valence electrons. The molecule has 6 heteroatoms. The number of imidazole rings is 2. The molecule has 3 aromatic carbocycles. The Morgan fingerprint density at radius 3 is 1.27 bits per heavy atom. The lowest BCUT2D eigenvalue weighted by Crippen LogP contribution is -2.25. The maximum absolute atomic E-state index is 12.9. The molecule has 0 amide bonds. The van der Waals surface area contributed by atoms with Gasteiger partial charge in [-0.05, 0) is 35.4 Å². The van der Waals surface area contributed by atoms with Gasteiger partial charge in [0.2, 0.25) is 0 Å². The lowest BCUT2D eigenvalue weighted by Gasteiger charge is -2.11. The van der Waals surface area contributed by atoms with Crippen molar-refractivity contribution < 1.29 is 0 Å². The fraction of sp³-hybridized carbons (Fsp3) is 0.167. The second-order valence-electron chi connectivity index (χ2n) is 7.60. The quantitative estimate of drug-likeness (QED) is 0.467. The minimum Gasteiger partial charge on any atom is -0.295 e. The number of hydrogen-bond acceptors (Lipinski definition) is 2. The van der Waals surface area contributed by atoms with Crippen LogP contribution in [-0.4, -0.2) is 18.3 Å². The first-order chi connectivity index (χ1) is 14.6. The highest BCUT2D eigenvalue weighted by Gasteiger charge is 2.15. The molecule has 0 aliphatic rings. The van der Waals surface area contributed by atoms with Crippen molar-refractivity contribution in [1.82, 2.24) is 18.3 Å². The smallest absolute Gasteiger partial charge is 0.295 e. The van der Waals surface area contributed by atoms with E-state index in [4.69, 9.17) is 0 Å². The largest absolute Gasteiger partial charge is 0.329 e. The molecule has 2 aromatic heterocycles. The van der Waals surface area contributed by atoms with Gasteiger partial charge in [-0.2, -0.15) is 0 Å². The van der Waals surface area contributed by atoms with Crippen molar-refractivity contribution in [2.45, 2.75) is 13.1 Å². The number of rotatable bonds is 4. The van der Waals surface area contributed by atoms with Gasteiger partial charge >= 0.3 is 11.4 Å². The Kier molecular flexibility index (Phi) is 4.20. The summed E-state index contributed by atoms with van der Waals surface area (Å²) in [4.78, 5) is 25.7. The molecule has 2 heterocycles. The molecule has 0 unspecified atom stereocenters. The average Bonchev–Trinajstić information content (AvgIpc) is 3.16. The summed E-state index contributed by atoms with van der Waals surface area (Å²) in [5.74, 6) is 0. The second kappa shape index (κ2) is 6.91. The summed E-state index contributed by atoms with van der Waals surface area (Å²) in [6.07, 6.45) is 0. The zero-order valence-corrected chi connectivity index (χ0v) is 16.9. The third kappa shape index (κ3) is 2.72. The molecule has 0 N–H and O–H groups in total. The number of nitrogens with zero attached hydrogens (tertiary/aromatic N) is 4. The molecule has 0 atom stereocenters. The second-order valence-corrected chi connectivity index (χ2v) is 7.60. The number of para-hydroxylation sites is 4. The minimum atomic E-state index is -0.0478. The lowest BCUT2D eigenvalue weighted by atomic mass is 10.1. The Bertz CT molecular complexity index is 1400. The van der Waals surface area contributed by atoms with E-state index >= 15 is 0 Å². The van der Waals surface area contributed by atoms with Crippen molar-refractivity contribution in [2.75, 3.05) is 0 Å². The standard InChI is InChI=1S/C24H22N4O2/c1-25-19-11-5-7-13-21(19)27(23(25)29)15-17-9-3-4-10-18(17)16-28-22-14-8-6-12-20(22)26(2)24(28)30/h3-14H,15-16H2,1-2H3. The van der Waals surface area contributed by atoms with Crippen molar-refractivity contribution in [2.24, 2.45) is 14.1 Å². The normalized spacial score (nSPS) is 11.5. The molecule has 30 heavy (non-hydrogen) atoms. The molecule has 5 rings (SSSR count). The van der Waals surface area contributed by atoms with E-state index in [1.54, 1.807) is 32.4 Å². The fourth-order valence-corrected chi connectivity index (χ4v) is 4.24. The molecule has 0 saturated heterocycles. The first-order valence-corrected chi connectivity index (χ1v) is 9.91. The van der Waals surface area contributed by atoms with Gasteiger partial charge in [-0.1, -0.05) is 48.5 Å². The van der Waals surface area contributed by atoms with Gasteiger partial charge in [0.05, 0.1) is 35.2 Å². The summed E-state index contributed by atoms with van der Waals surface area (Å²) in [6, 6.07) is 23.6. The van der Waals surface area contributed by atoms with E-state index < -0.39 is 0 Å². The van der Waals surface area contributed by atoms with Crippen LogP contribution in [0.15, 0.2) is 82.4 Å². The highest BCUT2D eigenvalue weighted by Crippen LogP contribution is 2.18. The van der Waals surface area contributed by atoms with Crippen LogP contribution < -0.4 is 11.4 Å². The fourth-order valence-electron chi connectivity index (χ4n) is 4.24. The van der Waals surface area contributed by atoms with Crippen molar-refractivity contribution in [3.8, 4) is 0 Å². The van der Waals surface area contributed by atoms with Gasteiger partial charge in [0, 0.05) is 14.1 Å². The van der Waals surface area contributed by atoms with E-state index in [2.05, 4.69) is 0 Å². The third-order valence-corrected chi connectivity index (χ3v) is 5.88. The van der Waals surface area contributed by atoms with Gasteiger partial charge < -0.3 is 0 Å². The first kappa shape index (κ1) is 18.2. The molecule has 0 radical (unpaired) electrons. The maximum Gasteiger partial charge on any atom is 0.329 e. The molecular weight excluding hydrogens is 376 g/mol. The van der Waals surface area contributed by atoms with E-state index in [9.17, 15) is 9.59 Å². The predicted octanol–water partition coefficient (Wildman–Crippen LogP) is 3.09. The highest BCUT2D eigenvalue weighted by molar-refractivity contribution is 5.76. The van der Waals surface area contributed by atoms with Crippen molar-refractivity contribution in [1.29, 1.82) is 0 Å². The van der Waals surface area contributed by atoms with E-state index in [1.165, 1.54) is 0 Å². The number of aryl methyl sites for hydroxylation is 2. The summed E-state index contributed by atoms with van der Waals surface area (Å²) < 4.78 is 6.93. The van der Waals surface area contributed by atoms with Crippen LogP contribution in [0.3, 0.4) is 0 Å². The molecular formula is C24H22N4O2. The number of hydrogen-bond donors (Lipinski definition) is 0. The van der Waals surface area contributed by atoms with E-state index in [0.29, 0.717) is 13.1 Å². The van der Waals surface area contributed by atoms with Crippen LogP contribution in [0.2, 0.25) is 0 Å². The third-order valence-electron chi connectivity index (χ3n) is 5.88. The van der Waals surface area contributed by atoms with Crippen molar-refractivity contribution >= 4 is 22.1 Å². The molecule has 0 bridgehead atoms. The Balaban J connectivity index is 1.61. The summed E-state index contributed by atoms with van der Waals surface area (Å²) >= 11 is 0. The number of fused-ring (bicyclic) bond motifs is 2. The molecule has 0 spiro atoms. The van der Waals surface area contributed by atoms with Gasteiger partial charge in [0.1, 0.15) is 0 Å². The summed E-state index contributed by atoms with van der Waals surface area (Å²) in [7, 11) is 3.59. The van der Waals surface area contributed by atoms with Gasteiger partial charge in [-0.25, -0.2) is 9.59 Å². The lowest BCUT2D eigenvalue weighted by molar-refractivity contribution is 0.704. The molecule has 6 nitrogen and oxygen atoms in total. The molecule has 0 aliphatic heterocycles. The Labute approximate surface area is 172 Å². The van der Waals surface area contributed by atoms with Crippen molar-refractivity contribution in [3.63, 3.8) is 0 Å². The molecule has 5 aromatic rings. The Hall–Kier alpha value is -3.80. The first-order valence-electron chi connectivity index (χ1n) is 9.91. The topological polar surface area (TPSA) is 53.9 Å². The van der Waals surface area contributed by atoms with E-state index in [0.717, 1.165) is 33.2 Å². The zero-order chi connectivity index (χ0) is 20.8. The van der Waals surface area contributed by atoms with Crippen LogP contribution in [0.5, 0.6) is 0 Å². The van der Waals surface area contributed by atoms with Crippen molar-refractivity contribution in [3.05, 3.63) is 105 Å². The minimum absolute atomic E-state index is 0.0478. The zero-order valence-electron chi connectivity index (χ0n) is 16.9. The van der Waals surface area contributed by atoms with Gasteiger partial charge in [-0.3, -0.25) is 18.3 Å².